The molecule has 0 unspecified atom stereocenters. The van der Waals surface area contributed by atoms with Crippen LogP contribution in [0.3, 0.4) is 0 Å². The van der Waals surface area contributed by atoms with E-state index in [0.29, 0.717) is 30.7 Å². The summed E-state index contributed by atoms with van der Waals surface area (Å²) < 4.78 is 22.7. The van der Waals surface area contributed by atoms with Crippen LogP contribution in [0, 0.1) is 11.8 Å². The minimum absolute atomic E-state index is 0.0184. The van der Waals surface area contributed by atoms with Crippen molar-refractivity contribution in [3.63, 3.8) is 0 Å². The van der Waals surface area contributed by atoms with Gasteiger partial charge in [0, 0.05) is 43.7 Å². The van der Waals surface area contributed by atoms with Crippen molar-refractivity contribution in [1.29, 1.82) is 0 Å². The molecule has 1 aromatic carbocycles. The second kappa shape index (κ2) is 11.2. The highest BCUT2D eigenvalue weighted by atomic mass is 32.2. The Morgan fingerprint density at radius 2 is 2.21 bits per heavy atom. The Balaban J connectivity index is 1.34. The van der Waals surface area contributed by atoms with E-state index in [1.54, 1.807) is 31.1 Å². The first-order chi connectivity index (χ1) is 16.5. The SMILES string of the molecule is COc1ccc2nccc([C@@H](F)CC[C@@H]3CCN(CCSc4cccn4C)C[C@@H]3C(=O)O)c2c1. The van der Waals surface area contributed by atoms with Gasteiger partial charge in [0.2, 0.25) is 0 Å². The first-order valence-corrected chi connectivity index (χ1v) is 12.7. The van der Waals surface area contributed by atoms with Crippen molar-refractivity contribution in [1.82, 2.24) is 14.5 Å². The molecule has 3 atom stereocenters. The lowest BCUT2D eigenvalue weighted by atomic mass is 9.81. The third-order valence-electron chi connectivity index (χ3n) is 6.82. The predicted molar refractivity (Wildman–Crippen MR) is 133 cm³/mol. The Morgan fingerprint density at radius 3 is 2.94 bits per heavy atom. The zero-order valence-electron chi connectivity index (χ0n) is 19.7. The fraction of sp³-hybridized carbons (Fsp3) is 0.462. The van der Waals surface area contributed by atoms with E-state index in [0.717, 1.165) is 36.2 Å². The molecule has 2 aromatic heterocycles. The molecular formula is C26H32FN3O3S. The van der Waals surface area contributed by atoms with Gasteiger partial charge in [-0.25, -0.2) is 4.39 Å². The molecule has 0 saturated carbocycles. The minimum atomic E-state index is -1.17. The molecule has 8 heteroatoms. The van der Waals surface area contributed by atoms with Crippen molar-refractivity contribution in [2.45, 2.75) is 30.5 Å². The number of aliphatic carboxylic acids is 1. The van der Waals surface area contributed by atoms with Crippen molar-refractivity contribution in [2.24, 2.45) is 18.9 Å². The number of pyridine rings is 1. The van der Waals surface area contributed by atoms with Gasteiger partial charge in [-0.1, -0.05) is 0 Å². The summed E-state index contributed by atoms with van der Waals surface area (Å²) in [7, 11) is 3.61. The van der Waals surface area contributed by atoms with Crippen LogP contribution in [0.5, 0.6) is 5.75 Å². The number of carboxylic acids is 1. The number of methoxy groups -OCH3 is 1. The number of rotatable bonds is 10. The maximum absolute atomic E-state index is 15.4. The minimum Gasteiger partial charge on any atom is -0.497 e. The van der Waals surface area contributed by atoms with Gasteiger partial charge in [0.05, 0.1) is 23.6 Å². The van der Waals surface area contributed by atoms with Crippen LogP contribution in [-0.2, 0) is 11.8 Å². The Kier molecular flexibility index (Phi) is 8.11. The fourth-order valence-corrected chi connectivity index (χ4v) is 5.83. The maximum atomic E-state index is 15.4. The van der Waals surface area contributed by atoms with E-state index in [9.17, 15) is 9.90 Å². The average molecular weight is 486 g/mol. The molecule has 1 aliphatic heterocycles. The van der Waals surface area contributed by atoms with Crippen LogP contribution >= 0.6 is 11.8 Å². The average Bonchev–Trinajstić information content (AvgIpc) is 3.26. The maximum Gasteiger partial charge on any atom is 0.308 e. The van der Waals surface area contributed by atoms with Crippen molar-refractivity contribution in [2.75, 3.05) is 32.5 Å². The number of carbonyl (C=O) groups is 1. The highest BCUT2D eigenvalue weighted by Crippen LogP contribution is 2.35. The number of hydrogen-bond acceptors (Lipinski definition) is 5. The molecule has 0 radical (unpaired) electrons. The monoisotopic (exact) mass is 485 g/mol. The molecule has 34 heavy (non-hydrogen) atoms. The molecule has 0 amide bonds. The number of aryl methyl sites for hydroxylation is 1. The van der Waals surface area contributed by atoms with E-state index < -0.39 is 18.1 Å². The van der Waals surface area contributed by atoms with Gasteiger partial charge in [0.25, 0.3) is 0 Å². The number of nitrogens with zero attached hydrogens (tertiary/aromatic N) is 3. The molecule has 3 aromatic rings. The van der Waals surface area contributed by atoms with E-state index >= 15 is 4.39 Å². The number of thioether (sulfide) groups is 1. The van der Waals surface area contributed by atoms with E-state index in [2.05, 4.69) is 20.5 Å². The Morgan fingerprint density at radius 1 is 1.35 bits per heavy atom. The van der Waals surface area contributed by atoms with Gasteiger partial charge in [-0.05, 0) is 73.7 Å². The van der Waals surface area contributed by atoms with Crippen molar-refractivity contribution >= 4 is 28.6 Å². The molecule has 0 bridgehead atoms. The second-order valence-corrected chi connectivity index (χ2v) is 10.0. The summed E-state index contributed by atoms with van der Waals surface area (Å²) in [6.07, 6.45) is 4.11. The number of ether oxygens (including phenoxy) is 1. The standard InChI is InChI=1S/C26H32FN3O3S/c1-29-12-3-4-25(29)34-15-14-30-13-10-18(22(17-30)26(31)32)5-7-23(27)20-9-11-28-24-8-6-19(33-2)16-21(20)24/h3-4,6,8-9,11-12,16,18,22-23H,5,7,10,13-15,17H2,1-2H3,(H,31,32)/t18-,22+,23+/m1/s1. The summed E-state index contributed by atoms with van der Waals surface area (Å²) >= 11 is 1.78. The number of aromatic nitrogens is 2. The molecule has 1 fully saturated rings. The molecule has 1 aliphatic rings. The van der Waals surface area contributed by atoms with Crippen LogP contribution in [0.15, 0.2) is 53.8 Å². The van der Waals surface area contributed by atoms with Gasteiger partial charge < -0.3 is 19.3 Å². The summed E-state index contributed by atoms with van der Waals surface area (Å²) in [5.74, 6) is 0.322. The van der Waals surface area contributed by atoms with Gasteiger partial charge in [-0.2, -0.15) is 0 Å². The van der Waals surface area contributed by atoms with Gasteiger partial charge in [-0.15, -0.1) is 11.8 Å². The lowest BCUT2D eigenvalue weighted by Gasteiger charge is -2.36. The van der Waals surface area contributed by atoms with Crippen LogP contribution in [0.4, 0.5) is 4.39 Å². The second-order valence-electron chi connectivity index (χ2n) is 8.93. The number of likely N-dealkylation sites (tertiary alicyclic amines) is 1. The van der Waals surface area contributed by atoms with Crippen LogP contribution in [0.1, 0.15) is 31.0 Å². The number of alkyl halides is 1. The summed E-state index contributed by atoms with van der Waals surface area (Å²) in [4.78, 5) is 18.6. The highest BCUT2D eigenvalue weighted by Gasteiger charge is 2.34. The summed E-state index contributed by atoms with van der Waals surface area (Å²) in [5.41, 5.74) is 1.32. The third-order valence-corrected chi connectivity index (χ3v) is 7.93. The third kappa shape index (κ3) is 5.73. The van der Waals surface area contributed by atoms with Crippen LogP contribution in [-0.4, -0.2) is 58.0 Å². The predicted octanol–water partition coefficient (Wildman–Crippen LogP) is 5.19. The lowest BCUT2D eigenvalue weighted by Crippen LogP contribution is -2.44. The van der Waals surface area contributed by atoms with E-state index in [-0.39, 0.29) is 5.92 Å². The molecule has 6 nitrogen and oxygen atoms in total. The highest BCUT2D eigenvalue weighted by molar-refractivity contribution is 7.99. The smallest absolute Gasteiger partial charge is 0.308 e. The summed E-state index contributed by atoms with van der Waals surface area (Å²) in [6, 6.07) is 11.3. The van der Waals surface area contributed by atoms with Crippen molar-refractivity contribution in [3.8, 4) is 5.75 Å². The molecule has 0 aliphatic carbocycles. The number of hydrogen-bond donors (Lipinski definition) is 1. The van der Waals surface area contributed by atoms with E-state index in [4.69, 9.17) is 4.74 Å². The van der Waals surface area contributed by atoms with E-state index in [1.807, 2.05) is 37.5 Å². The molecular weight excluding hydrogens is 453 g/mol. The molecule has 4 rings (SSSR count). The number of benzene rings is 1. The summed E-state index contributed by atoms with van der Waals surface area (Å²) in [5, 5.41) is 11.8. The zero-order valence-corrected chi connectivity index (χ0v) is 20.5. The van der Waals surface area contributed by atoms with Gasteiger partial charge in [-0.3, -0.25) is 9.78 Å². The zero-order chi connectivity index (χ0) is 24.1. The van der Waals surface area contributed by atoms with Crippen molar-refractivity contribution < 1.29 is 19.0 Å². The normalized spacial score (nSPS) is 19.9. The largest absolute Gasteiger partial charge is 0.497 e. The summed E-state index contributed by atoms with van der Waals surface area (Å²) in [6.45, 7) is 2.23. The molecule has 182 valence electrons. The van der Waals surface area contributed by atoms with Crippen LogP contribution in [0.2, 0.25) is 0 Å². The molecule has 0 spiro atoms. The van der Waals surface area contributed by atoms with Crippen LogP contribution in [0.25, 0.3) is 10.9 Å². The Labute approximate surface area is 204 Å². The number of piperidine rings is 1. The van der Waals surface area contributed by atoms with Crippen molar-refractivity contribution in [3.05, 3.63) is 54.4 Å². The Hall–Kier alpha value is -2.58. The number of fused-ring (bicyclic) bond motifs is 1. The topological polar surface area (TPSA) is 67.6 Å². The van der Waals surface area contributed by atoms with Gasteiger partial charge in [0.1, 0.15) is 11.9 Å². The molecule has 3 heterocycles. The van der Waals surface area contributed by atoms with Gasteiger partial charge >= 0.3 is 5.97 Å². The van der Waals surface area contributed by atoms with Crippen LogP contribution < -0.4 is 4.74 Å². The lowest BCUT2D eigenvalue weighted by molar-refractivity contribution is -0.146. The van der Waals surface area contributed by atoms with Gasteiger partial charge in [0.15, 0.2) is 0 Å². The number of carboxylic acid groups (broad SMARTS) is 1. The first kappa shape index (κ1) is 24.5. The molecule has 1 N–H and O–H groups in total. The first-order valence-electron chi connectivity index (χ1n) is 11.7. The fourth-order valence-electron chi connectivity index (χ4n) is 4.83. The Bertz CT molecular complexity index is 1120. The molecule has 1 saturated heterocycles. The number of halogens is 1. The van der Waals surface area contributed by atoms with E-state index in [1.165, 1.54) is 5.03 Å². The quantitative estimate of drug-likeness (QED) is 0.399.